The summed E-state index contributed by atoms with van der Waals surface area (Å²) in [6.45, 7) is 2.36. The highest BCUT2D eigenvalue weighted by Gasteiger charge is 2.09. The van der Waals surface area contributed by atoms with Crippen LogP contribution in [0, 0.1) is 6.92 Å². The van der Waals surface area contributed by atoms with Gasteiger partial charge in [-0.15, -0.1) is 0 Å². The Labute approximate surface area is 94.1 Å². The summed E-state index contributed by atoms with van der Waals surface area (Å²) in [6.07, 6.45) is 0.561. The maximum absolute atomic E-state index is 11.6. The molecular weight excluding hydrogens is 214 g/mol. The Morgan fingerprint density at radius 2 is 2.27 bits per heavy atom. The Balaban J connectivity index is 2.69. The lowest BCUT2D eigenvalue weighted by Gasteiger charge is -2.07. The van der Waals surface area contributed by atoms with Crippen molar-refractivity contribution in [1.82, 2.24) is 5.32 Å². The molecule has 1 aromatic rings. The van der Waals surface area contributed by atoms with Gasteiger partial charge < -0.3 is 10.4 Å². The molecule has 4 heteroatoms. The van der Waals surface area contributed by atoms with Gasteiger partial charge in [0, 0.05) is 23.7 Å². The van der Waals surface area contributed by atoms with E-state index >= 15 is 0 Å². The van der Waals surface area contributed by atoms with Gasteiger partial charge in [0.15, 0.2) is 0 Å². The molecule has 3 nitrogen and oxygen atoms in total. The summed E-state index contributed by atoms with van der Waals surface area (Å²) in [6, 6.07) is 5.23. The first-order valence-corrected chi connectivity index (χ1v) is 5.18. The number of carbonyl (C=O) groups is 1. The summed E-state index contributed by atoms with van der Waals surface area (Å²) < 4.78 is 0. The Kier molecular flexibility index (Phi) is 4.59. The number of amides is 1. The van der Waals surface area contributed by atoms with E-state index in [9.17, 15) is 4.79 Å². The van der Waals surface area contributed by atoms with Crippen molar-refractivity contribution in [2.24, 2.45) is 0 Å². The minimum atomic E-state index is -0.150. The van der Waals surface area contributed by atoms with Crippen LogP contribution >= 0.6 is 11.6 Å². The Morgan fingerprint density at radius 1 is 1.53 bits per heavy atom. The van der Waals surface area contributed by atoms with E-state index in [1.54, 1.807) is 18.2 Å². The van der Waals surface area contributed by atoms with Gasteiger partial charge in [0.05, 0.1) is 0 Å². The number of hydrogen-bond acceptors (Lipinski definition) is 2. The van der Waals surface area contributed by atoms with E-state index in [0.717, 1.165) is 5.56 Å². The minimum absolute atomic E-state index is 0.0782. The minimum Gasteiger partial charge on any atom is -0.396 e. The highest BCUT2D eigenvalue weighted by Crippen LogP contribution is 2.18. The molecule has 0 unspecified atom stereocenters. The third-order valence-corrected chi connectivity index (χ3v) is 2.54. The summed E-state index contributed by atoms with van der Waals surface area (Å²) in [5.41, 5.74) is 1.36. The lowest BCUT2D eigenvalue weighted by Crippen LogP contribution is -2.25. The van der Waals surface area contributed by atoms with Crippen LogP contribution in [0.4, 0.5) is 0 Å². The molecule has 0 aliphatic rings. The second-order valence-electron chi connectivity index (χ2n) is 3.25. The zero-order chi connectivity index (χ0) is 11.3. The molecule has 0 heterocycles. The van der Waals surface area contributed by atoms with Gasteiger partial charge in [-0.05, 0) is 31.0 Å². The molecule has 0 fully saturated rings. The molecule has 0 atom stereocenters. The average molecular weight is 228 g/mol. The number of hydrogen-bond donors (Lipinski definition) is 2. The van der Waals surface area contributed by atoms with Crippen molar-refractivity contribution < 1.29 is 9.90 Å². The van der Waals surface area contributed by atoms with Gasteiger partial charge in [-0.25, -0.2) is 0 Å². The summed E-state index contributed by atoms with van der Waals surface area (Å²) >= 11 is 5.90. The molecule has 15 heavy (non-hydrogen) atoms. The number of nitrogens with one attached hydrogen (secondary N) is 1. The highest BCUT2D eigenvalue weighted by atomic mass is 35.5. The molecule has 1 aromatic carbocycles. The fourth-order valence-corrected chi connectivity index (χ4v) is 1.40. The van der Waals surface area contributed by atoms with Crippen molar-refractivity contribution in [3.63, 3.8) is 0 Å². The van der Waals surface area contributed by atoms with Crippen LogP contribution in [0.15, 0.2) is 18.2 Å². The van der Waals surface area contributed by atoms with E-state index in [1.165, 1.54) is 0 Å². The van der Waals surface area contributed by atoms with Crippen LogP contribution < -0.4 is 5.32 Å². The Bertz CT molecular complexity index is 352. The maximum Gasteiger partial charge on any atom is 0.251 e. The third kappa shape index (κ3) is 3.22. The molecule has 0 radical (unpaired) electrons. The number of aliphatic hydroxyl groups is 1. The highest BCUT2D eigenvalue weighted by molar-refractivity contribution is 6.31. The molecule has 0 saturated heterocycles. The SMILES string of the molecule is Cc1c(Cl)cccc1C(=O)NCCCO. The van der Waals surface area contributed by atoms with Crippen LogP contribution in [0.5, 0.6) is 0 Å². The van der Waals surface area contributed by atoms with Crippen LogP contribution in [0.3, 0.4) is 0 Å². The van der Waals surface area contributed by atoms with E-state index in [2.05, 4.69) is 5.32 Å². The van der Waals surface area contributed by atoms with Gasteiger partial charge in [-0.3, -0.25) is 4.79 Å². The number of carbonyl (C=O) groups excluding carboxylic acids is 1. The first kappa shape index (κ1) is 12.0. The van der Waals surface area contributed by atoms with Crippen molar-refractivity contribution in [3.05, 3.63) is 34.3 Å². The fourth-order valence-electron chi connectivity index (χ4n) is 1.23. The van der Waals surface area contributed by atoms with Crippen LogP contribution in [0.25, 0.3) is 0 Å². The summed E-state index contributed by atoms with van der Waals surface area (Å²) in [7, 11) is 0. The molecule has 0 aliphatic carbocycles. The normalized spacial score (nSPS) is 10.1. The standard InChI is InChI=1S/C11H14ClNO2/c1-8-9(4-2-5-10(8)12)11(15)13-6-3-7-14/h2,4-5,14H,3,6-7H2,1H3,(H,13,15). The summed E-state index contributed by atoms with van der Waals surface area (Å²) in [4.78, 5) is 11.6. The molecular formula is C11H14ClNO2. The van der Waals surface area contributed by atoms with Crippen LogP contribution in [-0.4, -0.2) is 24.2 Å². The molecule has 0 aromatic heterocycles. The third-order valence-electron chi connectivity index (χ3n) is 2.13. The average Bonchev–Trinajstić information content (AvgIpc) is 2.22. The van der Waals surface area contributed by atoms with Crippen LogP contribution in [0.1, 0.15) is 22.3 Å². The molecule has 82 valence electrons. The Morgan fingerprint density at radius 3 is 2.93 bits per heavy atom. The fraction of sp³-hybridized carbons (Fsp3) is 0.364. The second-order valence-corrected chi connectivity index (χ2v) is 3.65. The lowest BCUT2D eigenvalue weighted by molar-refractivity contribution is 0.0950. The topological polar surface area (TPSA) is 49.3 Å². The quantitative estimate of drug-likeness (QED) is 0.771. The molecule has 2 N–H and O–H groups in total. The predicted molar refractivity (Wildman–Crippen MR) is 60.2 cm³/mol. The molecule has 1 amide bonds. The zero-order valence-corrected chi connectivity index (χ0v) is 9.34. The number of benzene rings is 1. The van der Waals surface area contributed by atoms with Crippen molar-refractivity contribution in [3.8, 4) is 0 Å². The van der Waals surface area contributed by atoms with Crippen molar-refractivity contribution in [2.45, 2.75) is 13.3 Å². The van der Waals surface area contributed by atoms with E-state index < -0.39 is 0 Å². The van der Waals surface area contributed by atoms with Gasteiger partial charge in [0.1, 0.15) is 0 Å². The molecule has 1 rings (SSSR count). The van der Waals surface area contributed by atoms with E-state index in [0.29, 0.717) is 23.6 Å². The van der Waals surface area contributed by atoms with Crippen LogP contribution in [0.2, 0.25) is 5.02 Å². The van der Waals surface area contributed by atoms with Gasteiger partial charge >= 0.3 is 0 Å². The van der Waals surface area contributed by atoms with E-state index in [4.69, 9.17) is 16.7 Å². The molecule has 0 aliphatic heterocycles. The zero-order valence-electron chi connectivity index (χ0n) is 8.59. The molecule has 0 saturated carbocycles. The van der Waals surface area contributed by atoms with Crippen LogP contribution in [-0.2, 0) is 0 Å². The monoisotopic (exact) mass is 227 g/mol. The number of aliphatic hydroxyl groups excluding tert-OH is 1. The van der Waals surface area contributed by atoms with Crippen molar-refractivity contribution in [2.75, 3.05) is 13.2 Å². The largest absolute Gasteiger partial charge is 0.396 e. The summed E-state index contributed by atoms with van der Waals surface area (Å²) in [5.74, 6) is -0.150. The van der Waals surface area contributed by atoms with Crippen molar-refractivity contribution in [1.29, 1.82) is 0 Å². The smallest absolute Gasteiger partial charge is 0.251 e. The maximum atomic E-state index is 11.6. The van der Waals surface area contributed by atoms with E-state index in [1.807, 2.05) is 6.92 Å². The number of rotatable bonds is 4. The second kappa shape index (κ2) is 5.73. The number of halogens is 1. The van der Waals surface area contributed by atoms with Gasteiger partial charge in [0.25, 0.3) is 5.91 Å². The Hall–Kier alpha value is -1.06. The molecule has 0 bridgehead atoms. The first-order chi connectivity index (χ1) is 7.16. The van der Waals surface area contributed by atoms with E-state index in [-0.39, 0.29) is 12.5 Å². The van der Waals surface area contributed by atoms with Gasteiger partial charge in [-0.2, -0.15) is 0 Å². The first-order valence-electron chi connectivity index (χ1n) is 4.81. The van der Waals surface area contributed by atoms with Crippen molar-refractivity contribution >= 4 is 17.5 Å². The van der Waals surface area contributed by atoms with Gasteiger partial charge in [0.2, 0.25) is 0 Å². The lowest BCUT2D eigenvalue weighted by atomic mass is 10.1. The summed E-state index contributed by atoms with van der Waals surface area (Å²) in [5, 5.41) is 11.9. The predicted octanol–water partition coefficient (Wildman–Crippen LogP) is 1.76. The van der Waals surface area contributed by atoms with Gasteiger partial charge in [-0.1, -0.05) is 17.7 Å². The molecule has 0 spiro atoms.